The molecule has 0 heterocycles. The molecular weight excluding hydrogens is 312 g/mol. The fourth-order valence-corrected chi connectivity index (χ4v) is 1.84. The molecule has 0 atom stereocenters. The van der Waals surface area contributed by atoms with Gasteiger partial charge in [-0.05, 0) is 48.5 Å². The highest BCUT2D eigenvalue weighted by Crippen LogP contribution is 2.17. The van der Waals surface area contributed by atoms with Crippen molar-refractivity contribution in [2.45, 2.75) is 20.1 Å². The molecule has 0 fully saturated rings. The highest BCUT2D eigenvalue weighted by atomic mass is 16.7. The molecule has 6 nitrogen and oxygen atoms in total. The average molecular weight is 330 g/mol. The van der Waals surface area contributed by atoms with Crippen molar-refractivity contribution in [2.75, 3.05) is 0 Å². The number of benzene rings is 2. The minimum Gasteiger partial charge on any atom is -0.508 e. The topological polar surface area (TPSA) is 93.1 Å². The number of carbonyl (C=O) groups is 2. The van der Waals surface area contributed by atoms with E-state index in [9.17, 15) is 19.8 Å². The molecule has 0 saturated carbocycles. The molecule has 2 aromatic carbocycles. The van der Waals surface area contributed by atoms with Crippen LogP contribution in [0.3, 0.4) is 0 Å². The Balaban J connectivity index is 2.06. The van der Waals surface area contributed by atoms with E-state index < -0.39 is 18.2 Å². The first-order valence-corrected chi connectivity index (χ1v) is 7.37. The Morgan fingerprint density at radius 3 is 1.38 bits per heavy atom. The lowest BCUT2D eigenvalue weighted by Crippen LogP contribution is -2.29. The minimum absolute atomic E-state index is 0.0331. The Morgan fingerprint density at radius 2 is 1.08 bits per heavy atom. The van der Waals surface area contributed by atoms with Gasteiger partial charge in [0.2, 0.25) is 6.29 Å². The molecule has 2 rings (SSSR count). The third kappa shape index (κ3) is 4.49. The fraction of sp³-hybridized carbons (Fsp3) is 0.222. The van der Waals surface area contributed by atoms with Gasteiger partial charge < -0.3 is 19.7 Å². The molecule has 2 aromatic rings. The molecule has 126 valence electrons. The van der Waals surface area contributed by atoms with Gasteiger partial charge in [-0.3, -0.25) is 0 Å². The Kier molecular flexibility index (Phi) is 5.42. The van der Waals surface area contributed by atoms with Gasteiger partial charge in [-0.1, -0.05) is 13.8 Å². The summed E-state index contributed by atoms with van der Waals surface area (Å²) in [6.07, 6.45) is -1.06. The van der Waals surface area contributed by atoms with E-state index in [1.54, 1.807) is 13.8 Å². The van der Waals surface area contributed by atoms with Crippen LogP contribution in [0.25, 0.3) is 0 Å². The van der Waals surface area contributed by atoms with Crippen LogP contribution in [0.4, 0.5) is 0 Å². The van der Waals surface area contributed by atoms with Crippen LogP contribution in [0.1, 0.15) is 34.6 Å². The van der Waals surface area contributed by atoms with Crippen LogP contribution in [0.5, 0.6) is 11.5 Å². The summed E-state index contributed by atoms with van der Waals surface area (Å²) in [5.41, 5.74) is 0.471. The molecule has 0 bridgehead atoms. The van der Waals surface area contributed by atoms with Crippen LogP contribution in [-0.2, 0) is 9.47 Å². The molecule has 0 amide bonds. The highest BCUT2D eigenvalue weighted by molar-refractivity contribution is 5.91. The number of esters is 2. The monoisotopic (exact) mass is 330 g/mol. The standard InChI is InChI=1S/C18H18O6/c1-11(2)18(23-16(21)12-3-7-14(19)8-4-12)24-17(22)13-5-9-15(20)10-6-13/h3-11,18-20H,1-2H3. The lowest BCUT2D eigenvalue weighted by molar-refractivity contribution is -0.102. The first kappa shape index (κ1) is 17.3. The SMILES string of the molecule is CC(C)C(OC(=O)c1ccc(O)cc1)OC(=O)c1ccc(O)cc1. The largest absolute Gasteiger partial charge is 0.508 e. The van der Waals surface area contributed by atoms with Gasteiger partial charge in [-0.2, -0.15) is 0 Å². The van der Waals surface area contributed by atoms with Crippen molar-refractivity contribution in [1.29, 1.82) is 0 Å². The smallest absolute Gasteiger partial charge is 0.341 e. The third-order valence-corrected chi connectivity index (χ3v) is 3.20. The van der Waals surface area contributed by atoms with E-state index in [4.69, 9.17) is 9.47 Å². The van der Waals surface area contributed by atoms with Crippen molar-refractivity contribution in [3.8, 4) is 11.5 Å². The van der Waals surface area contributed by atoms with E-state index in [1.165, 1.54) is 48.5 Å². The van der Waals surface area contributed by atoms with Crippen LogP contribution in [-0.4, -0.2) is 28.4 Å². The highest BCUT2D eigenvalue weighted by Gasteiger charge is 2.24. The Morgan fingerprint density at radius 1 is 0.750 bits per heavy atom. The maximum absolute atomic E-state index is 12.1. The molecule has 2 N–H and O–H groups in total. The van der Waals surface area contributed by atoms with Crippen molar-refractivity contribution < 1.29 is 29.3 Å². The van der Waals surface area contributed by atoms with E-state index in [0.29, 0.717) is 0 Å². The van der Waals surface area contributed by atoms with Gasteiger partial charge in [0.05, 0.1) is 11.1 Å². The Labute approximate surface area is 139 Å². The summed E-state index contributed by atoms with van der Waals surface area (Å²) in [5, 5.41) is 18.5. The van der Waals surface area contributed by atoms with Gasteiger partial charge >= 0.3 is 11.9 Å². The zero-order valence-electron chi connectivity index (χ0n) is 13.3. The summed E-state index contributed by atoms with van der Waals surface area (Å²) < 4.78 is 10.5. The lowest BCUT2D eigenvalue weighted by atomic mass is 10.2. The second-order valence-electron chi connectivity index (χ2n) is 5.52. The van der Waals surface area contributed by atoms with E-state index in [2.05, 4.69) is 0 Å². The molecule has 0 unspecified atom stereocenters. The van der Waals surface area contributed by atoms with E-state index >= 15 is 0 Å². The summed E-state index contributed by atoms with van der Waals surface area (Å²) in [7, 11) is 0. The molecule has 0 aliphatic heterocycles. The molecule has 24 heavy (non-hydrogen) atoms. The number of carbonyl (C=O) groups excluding carboxylic acids is 2. The molecule has 0 aliphatic rings. The van der Waals surface area contributed by atoms with Crippen LogP contribution >= 0.6 is 0 Å². The number of hydrogen-bond donors (Lipinski definition) is 2. The summed E-state index contributed by atoms with van der Waals surface area (Å²) in [5.74, 6) is -1.51. The second-order valence-corrected chi connectivity index (χ2v) is 5.52. The lowest BCUT2D eigenvalue weighted by Gasteiger charge is -2.21. The van der Waals surface area contributed by atoms with Crippen molar-refractivity contribution in [2.24, 2.45) is 5.92 Å². The number of rotatable bonds is 5. The predicted molar refractivity (Wildman–Crippen MR) is 85.7 cm³/mol. The number of hydrogen-bond acceptors (Lipinski definition) is 6. The fourth-order valence-electron chi connectivity index (χ4n) is 1.84. The van der Waals surface area contributed by atoms with Crippen LogP contribution in [0, 0.1) is 5.92 Å². The minimum atomic E-state index is -1.06. The first-order valence-electron chi connectivity index (χ1n) is 7.37. The molecular formula is C18H18O6. The zero-order chi connectivity index (χ0) is 17.7. The Bertz CT molecular complexity index is 644. The van der Waals surface area contributed by atoms with Crippen LogP contribution in [0.15, 0.2) is 48.5 Å². The van der Waals surface area contributed by atoms with E-state index in [0.717, 1.165) is 0 Å². The average Bonchev–Trinajstić information content (AvgIpc) is 2.55. The number of ether oxygens (including phenoxy) is 2. The Hall–Kier alpha value is -3.02. The van der Waals surface area contributed by atoms with Gasteiger partial charge in [-0.15, -0.1) is 0 Å². The first-order chi connectivity index (χ1) is 11.4. The van der Waals surface area contributed by atoms with E-state index in [1.807, 2.05) is 0 Å². The van der Waals surface area contributed by atoms with Crippen molar-refractivity contribution >= 4 is 11.9 Å². The predicted octanol–water partition coefficient (Wildman–Crippen LogP) is 3.09. The van der Waals surface area contributed by atoms with Crippen molar-refractivity contribution in [3.05, 3.63) is 59.7 Å². The summed E-state index contributed by atoms with van der Waals surface area (Å²) in [6.45, 7) is 3.50. The van der Waals surface area contributed by atoms with Gasteiger partial charge in [0, 0.05) is 5.92 Å². The zero-order valence-corrected chi connectivity index (χ0v) is 13.3. The van der Waals surface area contributed by atoms with Crippen molar-refractivity contribution in [3.63, 3.8) is 0 Å². The number of phenols is 2. The van der Waals surface area contributed by atoms with E-state index in [-0.39, 0.29) is 28.5 Å². The normalized spacial score (nSPS) is 10.7. The summed E-state index contributed by atoms with van der Waals surface area (Å²) >= 11 is 0. The molecule has 0 radical (unpaired) electrons. The molecule has 0 aromatic heterocycles. The van der Waals surface area contributed by atoms with Crippen molar-refractivity contribution in [1.82, 2.24) is 0 Å². The summed E-state index contributed by atoms with van der Waals surface area (Å²) in [6, 6.07) is 11.1. The molecule has 0 spiro atoms. The number of phenolic OH excluding ortho intramolecular Hbond substituents is 2. The van der Waals surface area contributed by atoms with Gasteiger partial charge in [0.15, 0.2) is 0 Å². The molecule has 0 saturated heterocycles. The molecule has 6 heteroatoms. The quantitative estimate of drug-likeness (QED) is 0.646. The van der Waals surface area contributed by atoms with Crippen LogP contribution < -0.4 is 0 Å². The maximum Gasteiger partial charge on any atom is 0.341 e. The number of aromatic hydroxyl groups is 2. The van der Waals surface area contributed by atoms with Gasteiger partial charge in [0.25, 0.3) is 0 Å². The van der Waals surface area contributed by atoms with Crippen LogP contribution in [0.2, 0.25) is 0 Å². The summed E-state index contributed by atoms with van der Waals surface area (Å²) in [4.78, 5) is 24.2. The van der Waals surface area contributed by atoms with Gasteiger partial charge in [0.1, 0.15) is 11.5 Å². The molecule has 0 aliphatic carbocycles. The maximum atomic E-state index is 12.1. The van der Waals surface area contributed by atoms with Gasteiger partial charge in [-0.25, -0.2) is 9.59 Å². The third-order valence-electron chi connectivity index (χ3n) is 3.20. The second kappa shape index (κ2) is 7.50.